The molecule has 1 aliphatic rings. The van der Waals surface area contributed by atoms with Gasteiger partial charge in [0.2, 0.25) is 0 Å². The summed E-state index contributed by atoms with van der Waals surface area (Å²) in [5, 5.41) is 9.08. The molecule has 0 fully saturated rings. The molecule has 1 aromatic heterocycles. The number of benzene rings is 2. The zero-order chi connectivity index (χ0) is 17.4. The number of nitrogens with one attached hydrogen (secondary N) is 1. The number of nitrogens with zero attached hydrogens (tertiary/aromatic N) is 2. The van der Waals surface area contributed by atoms with Crippen LogP contribution < -0.4 is 10.1 Å². The molecule has 1 aliphatic heterocycles. The molecule has 2 heterocycles. The lowest BCUT2D eigenvalue weighted by Gasteiger charge is -2.21. The van der Waals surface area contributed by atoms with Gasteiger partial charge in [0.1, 0.15) is 12.4 Å². The van der Waals surface area contributed by atoms with Crippen LogP contribution in [-0.4, -0.2) is 16.3 Å². The van der Waals surface area contributed by atoms with E-state index in [4.69, 9.17) is 4.74 Å². The van der Waals surface area contributed by atoms with E-state index in [0.717, 1.165) is 25.3 Å². The van der Waals surface area contributed by atoms with Crippen LogP contribution in [-0.2, 0) is 19.6 Å². The summed E-state index contributed by atoms with van der Waals surface area (Å²) in [4.78, 5) is 0. The second-order valence-electron chi connectivity index (χ2n) is 7.12. The summed E-state index contributed by atoms with van der Waals surface area (Å²) in [7, 11) is 0. The smallest absolute Gasteiger partial charge is 0.123 e. The molecule has 138 valence electrons. The van der Waals surface area contributed by atoms with Crippen molar-refractivity contribution in [1.29, 1.82) is 0 Å². The van der Waals surface area contributed by atoms with E-state index in [-0.39, 0.29) is 12.4 Å². The van der Waals surface area contributed by atoms with Gasteiger partial charge >= 0.3 is 0 Å². The lowest BCUT2D eigenvalue weighted by atomic mass is 9.95. The van der Waals surface area contributed by atoms with Crippen LogP contribution in [0.3, 0.4) is 0 Å². The van der Waals surface area contributed by atoms with Crippen LogP contribution in [0.4, 0.5) is 0 Å². The van der Waals surface area contributed by atoms with Crippen LogP contribution >= 0.6 is 12.4 Å². The second kappa shape index (κ2) is 7.68. The molecule has 0 aliphatic carbocycles. The molecule has 0 saturated heterocycles. The standard InChI is InChI=1S/C21H25N3O.ClH/c1-14(2)24-20-6-4-16(10-18(20)12-23-24)13-25-21-7-5-17-11-22-9-8-19(17)15(21)3;/h4-7,10,12,14,22H,8-9,11,13H2,1-3H3;1H. The quantitative estimate of drug-likeness (QED) is 0.730. The summed E-state index contributed by atoms with van der Waals surface area (Å²) in [5.74, 6) is 0.999. The van der Waals surface area contributed by atoms with E-state index in [9.17, 15) is 0 Å². The van der Waals surface area contributed by atoms with Crippen molar-refractivity contribution in [2.45, 2.75) is 46.4 Å². The van der Waals surface area contributed by atoms with Gasteiger partial charge < -0.3 is 10.1 Å². The first kappa shape index (κ1) is 18.7. The Balaban J connectivity index is 0.00000196. The number of halogens is 1. The first-order valence-corrected chi connectivity index (χ1v) is 9.04. The monoisotopic (exact) mass is 371 g/mol. The van der Waals surface area contributed by atoms with Crippen molar-refractivity contribution < 1.29 is 4.74 Å². The Bertz CT molecular complexity index is 917. The minimum Gasteiger partial charge on any atom is -0.489 e. The Kier molecular flexibility index (Phi) is 5.54. The fraction of sp³-hybridized carbons (Fsp3) is 0.381. The van der Waals surface area contributed by atoms with Gasteiger partial charge in [-0.3, -0.25) is 4.68 Å². The maximum atomic E-state index is 6.14. The fourth-order valence-corrected chi connectivity index (χ4v) is 3.66. The zero-order valence-corrected chi connectivity index (χ0v) is 16.4. The topological polar surface area (TPSA) is 39.1 Å². The molecule has 0 spiro atoms. The van der Waals surface area contributed by atoms with Gasteiger partial charge in [-0.25, -0.2) is 0 Å². The number of hydrogen-bond donors (Lipinski definition) is 1. The molecular formula is C21H26ClN3O. The predicted octanol–water partition coefficient (Wildman–Crippen LogP) is 4.57. The minimum absolute atomic E-state index is 0. The van der Waals surface area contributed by atoms with Gasteiger partial charge in [0.05, 0.1) is 11.7 Å². The zero-order valence-electron chi connectivity index (χ0n) is 15.6. The summed E-state index contributed by atoms with van der Waals surface area (Å²) in [6, 6.07) is 11.1. The van der Waals surface area contributed by atoms with Gasteiger partial charge in [-0.2, -0.15) is 5.10 Å². The highest BCUT2D eigenvalue weighted by Crippen LogP contribution is 2.28. The van der Waals surface area contributed by atoms with E-state index in [1.54, 1.807) is 0 Å². The van der Waals surface area contributed by atoms with Gasteiger partial charge in [-0.1, -0.05) is 12.1 Å². The van der Waals surface area contributed by atoms with E-state index >= 15 is 0 Å². The van der Waals surface area contributed by atoms with Gasteiger partial charge in [0.25, 0.3) is 0 Å². The molecule has 4 nitrogen and oxygen atoms in total. The molecule has 5 heteroatoms. The molecule has 1 N–H and O–H groups in total. The number of hydrogen-bond acceptors (Lipinski definition) is 3. The van der Waals surface area contributed by atoms with E-state index in [1.165, 1.54) is 33.2 Å². The van der Waals surface area contributed by atoms with Crippen molar-refractivity contribution in [2.24, 2.45) is 0 Å². The maximum Gasteiger partial charge on any atom is 0.123 e. The van der Waals surface area contributed by atoms with Crippen molar-refractivity contribution in [1.82, 2.24) is 15.1 Å². The van der Waals surface area contributed by atoms with Crippen LogP contribution in [0.5, 0.6) is 5.75 Å². The average Bonchev–Trinajstić information content (AvgIpc) is 3.05. The molecule has 0 saturated carbocycles. The molecule has 2 aromatic carbocycles. The van der Waals surface area contributed by atoms with E-state index < -0.39 is 0 Å². The van der Waals surface area contributed by atoms with E-state index in [0.29, 0.717) is 12.6 Å². The first-order valence-electron chi connectivity index (χ1n) is 9.04. The van der Waals surface area contributed by atoms with Crippen molar-refractivity contribution >= 4 is 23.3 Å². The Hall–Kier alpha value is -2.04. The highest BCUT2D eigenvalue weighted by molar-refractivity contribution is 5.85. The molecule has 3 aromatic rings. The predicted molar refractivity (Wildman–Crippen MR) is 108 cm³/mol. The van der Waals surface area contributed by atoms with Crippen LogP contribution in [0.15, 0.2) is 36.5 Å². The van der Waals surface area contributed by atoms with Crippen molar-refractivity contribution in [3.8, 4) is 5.75 Å². The Morgan fingerprint density at radius 1 is 1.23 bits per heavy atom. The van der Waals surface area contributed by atoms with Crippen LogP contribution in [0.2, 0.25) is 0 Å². The average molecular weight is 372 g/mol. The Morgan fingerprint density at radius 3 is 2.88 bits per heavy atom. The molecule has 0 unspecified atom stereocenters. The number of ether oxygens (including phenoxy) is 1. The summed E-state index contributed by atoms with van der Waals surface area (Å²) < 4.78 is 8.20. The molecule has 26 heavy (non-hydrogen) atoms. The van der Waals surface area contributed by atoms with Crippen molar-refractivity contribution in [3.63, 3.8) is 0 Å². The normalized spacial score (nSPS) is 13.5. The maximum absolute atomic E-state index is 6.14. The number of fused-ring (bicyclic) bond motifs is 2. The molecule has 4 rings (SSSR count). The third-order valence-corrected chi connectivity index (χ3v) is 5.06. The largest absolute Gasteiger partial charge is 0.489 e. The molecule has 0 amide bonds. The highest BCUT2D eigenvalue weighted by Gasteiger charge is 2.14. The molecule has 0 radical (unpaired) electrons. The molecular weight excluding hydrogens is 346 g/mol. The first-order chi connectivity index (χ1) is 12.1. The summed E-state index contributed by atoms with van der Waals surface area (Å²) in [6.07, 6.45) is 3.02. The van der Waals surface area contributed by atoms with E-state index in [2.05, 4.69) is 66.2 Å². The fourth-order valence-electron chi connectivity index (χ4n) is 3.66. The number of rotatable bonds is 4. The lowest BCUT2D eigenvalue weighted by Crippen LogP contribution is -2.24. The third kappa shape index (κ3) is 3.44. The number of aromatic nitrogens is 2. The molecule has 0 bridgehead atoms. The van der Waals surface area contributed by atoms with Gasteiger partial charge in [-0.15, -0.1) is 12.4 Å². The van der Waals surface area contributed by atoms with Crippen LogP contribution in [0.25, 0.3) is 10.9 Å². The van der Waals surface area contributed by atoms with Gasteiger partial charge in [0, 0.05) is 18.0 Å². The van der Waals surface area contributed by atoms with Crippen molar-refractivity contribution in [3.05, 3.63) is 58.8 Å². The summed E-state index contributed by atoms with van der Waals surface area (Å²) in [5.41, 5.74) is 6.49. The summed E-state index contributed by atoms with van der Waals surface area (Å²) in [6.45, 7) is 9.08. The lowest BCUT2D eigenvalue weighted by molar-refractivity contribution is 0.303. The minimum atomic E-state index is 0. The van der Waals surface area contributed by atoms with Crippen LogP contribution in [0, 0.1) is 6.92 Å². The third-order valence-electron chi connectivity index (χ3n) is 5.06. The van der Waals surface area contributed by atoms with Gasteiger partial charge in [0.15, 0.2) is 0 Å². The second-order valence-corrected chi connectivity index (χ2v) is 7.12. The Morgan fingerprint density at radius 2 is 2.08 bits per heavy atom. The van der Waals surface area contributed by atoms with Crippen LogP contribution in [0.1, 0.15) is 42.1 Å². The van der Waals surface area contributed by atoms with Crippen molar-refractivity contribution in [2.75, 3.05) is 6.54 Å². The molecule has 0 atom stereocenters. The summed E-state index contributed by atoms with van der Waals surface area (Å²) >= 11 is 0. The SMILES string of the molecule is Cc1c(OCc2ccc3c(cnn3C(C)C)c2)ccc2c1CCNC2.Cl. The highest BCUT2D eigenvalue weighted by atomic mass is 35.5. The van der Waals surface area contributed by atoms with Gasteiger partial charge in [-0.05, 0) is 74.2 Å². The Labute approximate surface area is 161 Å². The van der Waals surface area contributed by atoms with E-state index in [1.807, 2.05) is 6.20 Å².